The summed E-state index contributed by atoms with van der Waals surface area (Å²) in [5.74, 6) is 0.512. The maximum atomic E-state index is 12.7. The highest BCUT2D eigenvalue weighted by molar-refractivity contribution is 6.17. The first kappa shape index (κ1) is 18.9. The number of ether oxygens (including phenoxy) is 2. The molecule has 3 aromatic rings. The van der Waals surface area contributed by atoms with E-state index in [1.165, 1.54) is 20.4 Å². The molecule has 0 fully saturated rings. The average molecular weight is 377 g/mol. The molecular formula is C21H19N3O4. The number of carbonyl (C=O) groups excluding carboxylic acids is 2. The summed E-state index contributed by atoms with van der Waals surface area (Å²) in [6.07, 6.45) is 1.27. The van der Waals surface area contributed by atoms with Crippen LogP contribution in [0.4, 0.5) is 11.4 Å². The Morgan fingerprint density at radius 2 is 1.21 bits per heavy atom. The van der Waals surface area contributed by atoms with E-state index in [1.807, 2.05) is 0 Å². The van der Waals surface area contributed by atoms with E-state index >= 15 is 0 Å². The molecule has 7 nitrogen and oxygen atoms in total. The zero-order valence-electron chi connectivity index (χ0n) is 15.4. The molecule has 2 aromatic carbocycles. The van der Waals surface area contributed by atoms with Gasteiger partial charge in [0.1, 0.15) is 17.2 Å². The molecular weight excluding hydrogens is 358 g/mol. The molecule has 1 heterocycles. The minimum Gasteiger partial charge on any atom is -0.497 e. The van der Waals surface area contributed by atoms with E-state index in [9.17, 15) is 9.59 Å². The van der Waals surface area contributed by atoms with Crippen LogP contribution in [0.25, 0.3) is 0 Å². The van der Waals surface area contributed by atoms with Gasteiger partial charge in [0.25, 0.3) is 0 Å². The number of methoxy groups -OCH3 is 2. The molecule has 4 N–H and O–H groups in total. The molecule has 0 bridgehead atoms. The monoisotopic (exact) mass is 377 g/mol. The SMILES string of the molecule is COc1ccc(C(=O)c2cnc(C(=O)c3ccc(OC)cc3)c(N)c2N)cc1. The number of nitrogens with two attached hydrogens (primary N) is 2. The molecule has 0 saturated heterocycles. The number of benzene rings is 2. The molecule has 0 saturated carbocycles. The zero-order chi connectivity index (χ0) is 20.3. The van der Waals surface area contributed by atoms with Crippen LogP contribution in [0.1, 0.15) is 32.0 Å². The molecule has 0 aliphatic rings. The lowest BCUT2D eigenvalue weighted by atomic mass is 10.00. The third kappa shape index (κ3) is 3.50. The molecule has 0 amide bonds. The van der Waals surface area contributed by atoms with Crippen molar-refractivity contribution in [2.24, 2.45) is 0 Å². The fourth-order valence-electron chi connectivity index (χ4n) is 2.68. The van der Waals surface area contributed by atoms with Crippen LogP contribution >= 0.6 is 0 Å². The largest absolute Gasteiger partial charge is 0.497 e. The maximum Gasteiger partial charge on any atom is 0.213 e. The van der Waals surface area contributed by atoms with Crippen LogP contribution in [0.3, 0.4) is 0 Å². The first-order valence-corrected chi connectivity index (χ1v) is 8.37. The summed E-state index contributed by atoms with van der Waals surface area (Å²) in [5, 5.41) is 0. The molecule has 28 heavy (non-hydrogen) atoms. The van der Waals surface area contributed by atoms with Gasteiger partial charge in [0.2, 0.25) is 5.78 Å². The van der Waals surface area contributed by atoms with E-state index in [0.29, 0.717) is 22.6 Å². The van der Waals surface area contributed by atoms with Crippen molar-refractivity contribution in [3.8, 4) is 11.5 Å². The highest BCUT2D eigenvalue weighted by Gasteiger charge is 2.21. The van der Waals surface area contributed by atoms with Crippen molar-refractivity contribution in [3.05, 3.63) is 77.1 Å². The van der Waals surface area contributed by atoms with E-state index < -0.39 is 5.78 Å². The van der Waals surface area contributed by atoms with Gasteiger partial charge in [-0.25, -0.2) is 4.98 Å². The second-order valence-corrected chi connectivity index (χ2v) is 5.96. The Hall–Kier alpha value is -3.87. The molecule has 0 radical (unpaired) electrons. The van der Waals surface area contributed by atoms with Crippen molar-refractivity contribution in [3.63, 3.8) is 0 Å². The Kier molecular flexibility index (Phi) is 5.26. The summed E-state index contributed by atoms with van der Waals surface area (Å²) >= 11 is 0. The summed E-state index contributed by atoms with van der Waals surface area (Å²) in [6.45, 7) is 0. The fraction of sp³-hybridized carbons (Fsp3) is 0.0952. The maximum absolute atomic E-state index is 12.7. The van der Waals surface area contributed by atoms with Crippen LogP contribution in [0, 0.1) is 0 Å². The number of hydrogen-bond donors (Lipinski definition) is 2. The van der Waals surface area contributed by atoms with Crippen molar-refractivity contribution in [2.45, 2.75) is 0 Å². The Balaban J connectivity index is 1.93. The Morgan fingerprint density at radius 1 is 0.750 bits per heavy atom. The number of rotatable bonds is 6. The molecule has 142 valence electrons. The van der Waals surface area contributed by atoms with E-state index in [4.69, 9.17) is 20.9 Å². The normalized spacial score (nSPS) is 10.4. The van der Waals surface area contributed by atoms with E-state index in [1.54, 1.807) is 48.5 Å². The topological polar surface area (TPSA) is 118 Å². The van der Waals surface area contributed by atoms with Crippen molar-refractivity contribution in [2.75, 3.05) is 25.7 Å². The van der Waals surface area contributed by atoms with Gasteiger partial charge in [0.05, 0.1) is 31.2 Å². The number of aromatic nitrogens is 1. The van der Waals surface area contributed by atoms with E-state index in [0.717, 1.165) is 0 Å². The predicted molar refractivity (Wildman–Crippen MR) is 106 cm³/mol. The van der Waals surface area contributed by atoms with Gasteiger partial charge in [-0.1, -0.05) is 0 Å². The van der Waals surface area contributed by atoms with Crippen molar-refractivity contribution in [1.29, 1.82) is 0 Å². The van der Waals surface area contributed by atoms with Gasteiger partial charge in [-0.2, -0.15) is 0 Å². The van der Waals surface area contributed by atoms with Gasteiger partial charge in [-0.3, -0.25) is 9.59 Å². The zero-order valence-corrected chi connectivity index (χ0v) is 15.4. The second kappa shape index (κ2) is 7.79. The van der Waals surface area contributed by atoms with Gasteiger partial charge in [0, 0.05) is 17.3 Å². The third-order valence-electron chi connectivity index (χ3n) is 4.32. The standard InChI is InChI=1S/C21H19N3O4/c1-27-14-7-3-12(4-8-14)20(25)16-11-24-19(18(23)17(16)22)21(26)13-5-9-15(28-2)10-6-13/h3-11H,23H2,1-2H3,(H2,22,24). The third-order valence-corrected chi connectivity index (χ3v) is 4.32. The number of carbonyl (C=O) groups is 2. The van der Waals surface area contributed by atoms with Gasteiger partial charge in [-0.05, 0) is 48.5 Å². The lowest BCUT2D eigenvalue weighted by molar-refractivity contribution is 0.102. The molecule has 1 aromatic heterocycles. The highest BCUT2D eigenvalue weighted by Crippen LogP contribution is 2.27. The van der Waals surface area contributed by atoms with Crippen LogP contribution in [0.15, 0.2) is 54.7 Å². The number of pyridine rings is 1. The van der Waals surface area contributed by atoms with Gasteiger partial charge >= 0.3 is 0 Å². The van der Waals surface area contributed by atoms with Crippen LogP contribution in [0.5, 0.6) is 11.5 Å². The Bertz CT molecular complexity index is 944. The minimum atomic E-state index is -0.393. The lowest BCUT2D eigenvalue weighted by Gasteiger charge is -2.11. The first-order chi connectivity index (χ1) is 13.5. The van der Waals surface area contributed by atoms with E-state index in [2.05, 4.69) is 4.98 Å². The molecule has 0 spiro atoms. The van der Waals surface area contributed by atoms with Gasteiger partial charge in [0.15, 0.2) is 5.78 Å². The molecule has 0 aliphatic carbocycles. The summed E-state index contributed by atoms with van der Waals surface area (Å²) in [6, 6.07) is 13.1. The number of hydrogen-bond acceptors (Lipinski definition) is 7. The van der Waals surface area contributed by atoms with Crippen molar-refractivity contribution >= 4 is 22.9 Å². The molecule has 3 rings (SSSR count). The number of nitrogens with zero attached hydrogens (tertiary/aromatic N) is 1. The summed E-state index contributed by atoms with van der Waals surface area (Å²) < 4.78 is 10.2. The fourth-order valence-corrected chi connectivity index (χ4v) is 2.68. The number of ketones is 2. The summed E-state index contributed by atoms with van der Waals surface area (Å²) in [5.41, 5.74) is 13.0. The van der Waals surface area contributed by atoms with Gasteiger partial charge in [-0.15, -0.1) is 0 Å². The lowest BCUT2D eigenvalue weighted by Crippen LogP contribution is -2.14. The molecule has 7 heteroatoms. The average Bonchev–Trinajstić information content (AvgIpc) is 2.75. The minimum absolute atomic E-state index is 0.00560. The summed E-state index contributed by atoms with van der Waals surface area (Å²) in [7, 11) is 3.08. The first-order valence-electron chi connectivity index (χ1n) is 8.37. The molecule has 0 atom stereocenters. The molecule has 0 aliphatic heterocycles. The Labute approximate surface area is 161 Å². The van der Waals surface area contributed by atoms with Crippen LogP contribution in [0.2, 0.25) is 0 Å². The van der Waals surface area contributed by atoms with Crippen LogP contribution in [-0.4, -0.2) is 30.8 Å². The number of anilines is 2. The van der Waals surface area contributed by atoms with E-state index in [-0.39, 0.29) is 28.4 Å². The number of nitrogen functional groups attached to an aromatic ring is 2. The predicted octanol–water partition coefficient (Wildman–Crippen LogP) is 2.73. The van der Waals surface area contributed by atoms with Crippen LogP contribution in [-0.2, 0) is 0 Å². The van der Waals surface area contributed by atoms with Crippen molar-refractivity contribution in [1.82, 2.24) is 4.98 Å². The van der Waals surface area contributed by atoms with Crippen molar-refractivity contribution < 1.29 is 19.1 Å². The van der Waals surface area contributed by atoms with Gasteiger partial charge < -0.3 is 20.9 Å². The van der Waals surface area contributed by atoms with Crippen LogP contribution < -0.4 is 20.9 Å². The highest BCUT2D eigenvalue weighted by atomic mass is 16.5. The smallest absolute Gasteiger partial charge is 0.213 e. The molecule has 0 unspecified atom stereocenters. The second-order valence-electron chi connectivity index (χ2n) is 5.96. The quantitative estimate of drug-likeness (QED) is 0.634. The summed E-state index contributed by atoms with van der Waals surface area (Å²) in [4.78, 5) is 29.5. The Morgan fingerprint density at radius 3 is 1.68 bits per heavy atom.